The van der Waals surface area contributed by atoms with Gasteiger partial charge in [-0.3, -0.25) is 4.79 Å². The van der Waals surface area contributed by atoms with E-state index in [0.717, 1.165) is 19.3 Å². The highest BCUT2D eigenvalue weighted by molar-refractivity contribution is 7.91. The normalized spacial score (nSPS) is 11.6. The second-order valence-electron chi connectivity index (χ2n) is 10.4. The summed E-state index contributed by atoms with van der Waals surface area (Å²) in [6.45, 7) is 2.23. The lowest BCUT2D eigenvalue weighted by Crippen LogP contribution is -2.24. The maximum atomic E-state index is 12.9. The summed E-state index contributed by atoms with van der Waals surface area (Å²) in [6, 6.07) is 8.46. The van der Waals surface area contributed by atoms with E-state index in [-0.39, 0.29) is 35.3 Å². The molecule has 2 rings (SSSR count). The number of unbranched alkanes of at least 4 members (excludes halogenated alkanes) is 13. The van der Waals surface area contributed by atoms with E-state index in [1.54, 1.807) is 24.3 Å². The largest absolute Gasteiger partial charge is 0.506 e. The van der Waals surface area contributed by atoms with Crippen molar-refractivity contribution in [2.24, 2.45) is 0 Å². The van der Waals surface area contributed by atoms with Crippen molar-refractivity contribution in [3.63, 3.8) is 0 Å². The number of rotatable bonds is 22. The third kappa shape index (κ3) is 12.6. The Hall–Kier alpha value is -2.32. The minimum atomic E-state index is -3.43. The molecule has 0 atom stereocenters. The fraction of sp³-hybridized carbons (Fsp3) is 0.645. The van der Waals surface area contributed by atoms with E-state index in [1.807, 2.05) is 0 Å². The molecule has 1 amide bonds. The van der Waals surface area contributed by atoms with Crippen molar-refractivity contribution in [3.8, 4) is 11.5 Å². The second-order valence-corrected chi connectivity index (χ2v) is 12.7. The Morgan fingerprint density at radius 3 is 1.92 bits per heavy atom. The third-order valence-electron chi connectivity index (χ3n) is 7.09. The number of benzene rings is 2. The summed E-state index contributed by atoms with van der Waals surface area (Å²) in [7, 11) is -3.43. The van der Waals surface area contributed by atoms with Gasteiger partial charge in [-0.25, -0.2) is 8.42 Å². The molecule has 8 heteroatoms. The number of hydrogen-bond donors (Lipinski definition) is 3. The topological polar surface area (TPSA) is 113 Å². The first kappa shape index (κ1) is 32.9. The molecular weight excluding hydrogens is 514 g/mol. The van der Waals surface area contributed by atoms with Crippen molar-refractivity contribution in [1.82, 2.24) is 5.32 Å². The summed E-state index contributed by atoms with van der Waals surface area (Å²) < 4.78 is 29.5. The highest BCUT2D eigenvalue weighted by atomic mass is 32.2. The molecule has 0 heterocycles. The number of hydrogen-bond acceptors (Lipinski definition) is 6. The molecule has 0 spiro atoms. The van der Waals surface area contributed by atoms with Crippen LogP contribution in [-0.4, -0.2) is 55.8 Å². The third-order valence-corrected chi connectivity index (χ3v) is 8.69. The number of aliphatic hydroxyl groups excluding tert-OH is 1. The predicted octanol–water partition coefficient (Wildman–Crippen LogP) is 6.54. The van der Waals surface area contributed by atoms with Crippen LogP contribution >= 0.6 is 0 Å². The molecule has 220 valence electrons. The van der Waals surface area contributed by atoms with Crippen LogP contribution in [0, 0.1) is 0 Å². The van der Waals surface area contributed by atoms with Crippen LogP contribution in [0.5, 0.6) is 11.5 Å². The Bertz CT molecular complexity index is 1090. The molecule has 0 aliphatic carbocycles. The SMILES string of the molecule is CCCCCCCCCCCCCCCCNC(=O)c1cc(OCCS(=O)(=O)CCO)c2ccccc2c1O. The number of fused-ring (bicyclic) bond motifs is 1. The monoisotopic (exact) mass is 563 g/mol. The summed E-state index contributed by atoms with van der Waals surface area (Å²) in [5, 5.41) is 23.6. The molecule has 39 heavy (non-hydrogen) atoms. The van der Waals surface area contributed by atoms with Gasteiger partial charge in [-0.2, -0.15) is 0 Å². The van der Waals surface area contributed by atoms with Crippen molar-refractivity contribution >= 4 is 26.5 Å². The van der Waals surface area contributed by atoms with E-state index in [2.05, 4.69) is 12.2 Å². The van der Waals surface area contributed by atoms with E-state index in [1.165, 1.54) is 76.7 Å². The van der Waals surface area contributed by atoms with Gasteiger partial charge in [0.15, 0.2) is 9.84 Å². The zero-order chi connectivity index (χ0) is 28.3. The lowest BCUT2D eigenvalue weighted by atomic mass is 10.0. The number of ether oxygens (including phenoxy) is 1. The molecule has 0 bridgehead atoms. The van der Waals surface area contributed by atoms with Crippen molar-refractivity contribution in [1.29, 1.82) is 0 Å². The van der Waals surface area contributed by atoms with Gasteiger partial charge in [0.2, 0.25) is 0 Å². The molecule has 2 aromatic rings. The van der Waals surface area contributed by atoms with Gasteiger partial charge in [0.1, 0.15) is 18.1 Å². The number of nitrogens with one attached hydrogen (secondary N) is 1. The lowest BCUT2D eigenvalue weighted by Gasteiger charge is -2.14. The van der Waals surface area contributed by atoms with E-state index in [4.69, 9.17) is 9.84 Å². The molecule has 0 saturated heterocycles. The first-order chi connectivity index (χ1) is 18.9. The summed E-state index contributed by atoms with van der Waals surface area (Å²) >= 11 is 0. The smallest absolute Gasteiger partial charge is 0.255 e. The fourth-order valence-corrected chi connectivity index (χ4v) is 5.58. The first-order valence-electron chi connectivity index (χ1n) is 14.9. The van der Waals surface area contributed by atoms with Crippen LogP contribution < -0.4 is 10.1 Å². The van der Waals surface area contributed by atoms with Crippen molar-refractivity contribution in [3.05, 3.63) is 35.9 Å². The van der Waals surface area contributed by atoms with Crippen LogP contribution in [0.2, 0.25) is 0 Å². The summed E-state index contributed by atoms with van der Waals surface area (Å²) in [4.78, 5) is 12.9. The van der Waals surface area contributed by atoms with Crippen molar-refractivity contribution < 1.29 is 28.2 Å². The Balaban J connectivity index is 1.72. The van der Waals surface area contributed by atoms with Crippen LogP contribution in [-0.2, 0) is 9.84 Å². The van der Waals surface area contributed by atoms with Gasteiger partial charge in [0.05, 0.1) is 23.7 Å². The highest BCUT2D eigenvalue weighted by Crippen LogP contribution is 2.36. The van der Waals surface area contributed by atoms with Crippen LogP contribution in [0.3, 0.4) is 0 Å². The molecule has 0 aliphatic heterocycles. The van der Waals surface area contributed by atoms with Gasteiger partial charge in [-0.15, -0.1) is 0 Å². The summed E-state index contributed by atoms with van der Waals surface area (Å²) in [5.41, 5.74) is 0.104. The molecule has 0 aliphatic rings. The van der Waals surface area contributed by atoms with Crippen molar-refractivity contribution in [2.45, 2.75) is 96.8 Å². The maximum absolute atomic E-state index is 12.9. The average molecular weight is 564 g/mol. The summed E-state index contributed by atoms with van der Waals surface area (Å²) in [5.74, 6) is -0.734. The number of carbonyl (C=O) groups excluding carboxylic acids is 1. The van der Waals surface area contributed by atoms with E-state index in [0.29, 0.717) is 23.1 Å². The first-order valence-corrected chi connectivity index (χ1v) is 16.7. The lowest BCUT2D eigenvalue weighted by molar-refractivity contribution is 0.0950. The van der Waals surface area contributed by atoms with Gasteiger partial charge < -0.3 is 20.3 Å². The van der Waals surface area contributed by atoms with Crippen LogP contribution in [0.4, 0.5) is 0 Å². The predicted molar refractivity (Wildman–Crippen MR) is 159 cm³/mol. The quantitative estimate of drug-likeness (QED) is 0.140. The molecule has 0 saturated carbocycles. The number of sulfone groups is 1. The number of carbonyl (C=O) groups is 1. The van der Waals surface area contributed by atoms with Crippen LogP contribution in [0.25, 0.3) is 10.8 Å². The second kappa shape index (κ2) is 18.9. The minimum absolute atomic E-state index is 0.104. The minimum Gasteiger partial charge on any atom is -0.506 e. The van der Waals surface area contributed by atoms with E-state index < -0.39 is 16.4 Å². The highest BCUT2D eigenvalue weighted by Gasteiger charge is 2.18. The molecule has 0 unspecified atom stereocenters. The molecule has 0 aromatic heterocycles. The Labute approximate surface area is 235 Å². The average Bonchev–Trinajstić information content (AvgIpc) is 2.92. The fourth-order valence-electron chi connectivity index (χ4n) is 4.76. The van der Waals surface area contributed by atoms with Gasteiger partial charge >= 0.3 is 0 Å². The summed E-state index contributed by atoms with van der Waals surface area (Å²) in [6.07, 6.45) is 17.8. The van der Waals surface area contributed by atoms with E-state index >= 15 is 0 Å². The number of phenolic OH excluding ortho intramolecular Hbond substituents is 1. The van der Waals surface area contributed by atoms with Gasteiger partial charge in [-0.05, 0) is 12.5 Å². The van der Waals surface area contributed by atoms with Gasteiger partial charge in [0, 0.05) is 17.3 Å². The Morgan fingerprint density at radius 1 is 0.821 bits per heavy atom. The number of phenols is 1. The Kier molecular flexibility index (Phi) is 15.9. The molecule has 2 aromatic carbocycles. The standard InChI is InChI=1S/C31H49NO6S/c1-2-3-4-5-6-7-8-9-10-11-12-13-14-17-20-32-31(35)28-25-29(38-22-24-39(36,37)23-21-33)26-18-15-16-19-27(26)30(28)34/h15-16,18-19,25,33-34H,2-14,17,20-24H2,1H3,(H,32,35). The molecule has 3 N–H and O–H groups in total. The van der Waals surface area contributed by atoms with Crippen LogP contribution in [0.15, 0.2) is 30.3 Å². The van der Waals surface area contributed by atoms with Gasteiger partial charge in [-0.1, -0.05) is 115 Å². The van der Waals surface area contributed by atoms with E-state index in [9.17, 15) is 18.3 Å². The van der Waals surface area contributed by atoms with Gasteiger partial charge in [0.25, 0.3) is 5.91 Å². The number of amides is 1. The zero-order valence-electron chi connectivity index (χ0n) is 23.8. The Morgan fingerprint density at radius 2 is 1.36 bits per heavy atom. The maximum Gasteiger partial charge on any atom is 0.255 e. The molecule has 0 fully saturated rings. The zero-order valence-corrected chi connectivity index (χ0v) is 24.6. The molecule has 7 nitrogen and oxygen atoms in total. The van der Waals surface area contributed by atoms with Crippen molar-refractivity contribution in [2.75, 3.05) is 31.3 Å². The number of aliphatic hydroxyl groups is 1. The number of aromatic hydroxyl groups is 1. The molecular formula is C31H49NO6S. The molecule has 0 radical (unpaired) electrons. The van der Waals surface area contributed by atoms with Crippen LogP contribution in [0.1, 0.15) is 107 Å².